The molecule has 6 heteroatoms. The molecule has 0 radical (unpaired) electrons. The highest BCUT2D eigenvalue weighted by Crippen LogP contribution is 2.25. The summed E-state index contributed by atoms with van der Waals surface area (Å²) in [6.07, 6.45) is 2.27. The number of likely N-dealkylation sites (tertiary alicyclic amines) is 1. The van der Waals surface area contributed by atoms with Gasteiger partial charge in [-0.15, -0.1) is 0 Å². The first-order valence-electron chi connectivity index (χ1n) is 12.2. The van der Waals surface area contributed by atoms with Crippen molar-refractivity contribution in [3.8, 4) is 5.75 Å². The number of hydrogen-bond acceptors (Lipinski definition) is 4. The first-order valence-corrected chi connectivity index (χ1v) is 12.2. The van der Waals surface area contributed by atoms with E-state index >= 15 is 0 Å². The molecule has 2 amide bonds. The zero-order valence-electron chi connectivity index (χ0n) is 20.4. The lowest BCUT2D eigenvalue weighted by Gasteiger charge is -2.34. The Morgan fingerprint density at radius 1 is 0.943 bits per heavy atom. The van der Waals surface area contributed by atoms with E-state index in [9.17, 15) is 9.59 Å². The number of benzene rings is 3. The summed E-state index contributed by atoms with van der Waals surface area (Å²) in [6.45, 7) is 3.36. The lowest BCUT2D eigenvalue weighted by Crippen LogP contribution is -2.47. The van der Waals surface area contributed by atoms with Gasteiger partial charge < -0.3 is 20.3 Å². The Bertz CT molecular complexity index is 1120. The molecule has 3 aromatic rings. The number of amides is 2. The van der Waals surface area contributed by atoms with Crippen LogP contribution in [-0.2, 0) is 4.79 Å². The van der Waals surface area contributed by atoms with Crippen LogP contribution in [0.15, 0.2) is 78.9 Å². The largest absolute Gasteiger partial charge is 0.497 e. The third kappa shape index (κ3) is 6.01. The number of carbonyl (C=O) groups is 2. The van der Waals surface area contributed by atoms with Crippen molar-refractivity contribution in [2.24, 2.45) is 0 Å². The number of carbonyl (C=O) groups excluding carboxylic acids is 2. The highest BCUT2D eigenvalue weighted by molar-refractivity contribution is 6.00. The maximum atomic E-state index is 13.2. The molecule has 0 aromatic heterocycles. The van der Waals surface area contributed by atoms with Gasteiger partial charge in [-0.1, -0.05) is 49.4 Å². The van der Waals surface area contributed by atoms with Gasteiger partial charge in [0.25, 0.3) is 5.91 Å². The standard InChI is InChI=1S/C29H33N3O3/c1-3-25(21-9-5-4-6-10-21)29(34)32-19-17-23(18-20-32)31-28(33)26-11-7-8-12-27(26)30-22-13-15-24(35-2)16-14-22/h4-16,23,25,30H,3,17-20H2,1-2H3,(H,31,33). The van der Waals surface area contributed by atoms with E-state index in [-0.39, 0.29) is 23.8 Å². The molecule has 1 heterocycles. The van der Waals surface area contributed by atoms with Crippen molar-refractivity contribution in [1.82, 2.24) is 10.2 Å². The molecule has 1 saturated heterocycles. The van der Waals surface area contributed by atoms with Crippen molar-refractivity contribution in [2.45, 2.75) is 38.1 Å². The fourth-order valence-electron chi connectivity index (χ4n) is 4.59. The monoisotopic (exact) mass is 471 g/mol. The lowest BCUT2D eigenvalue weighted by atomic mass is 9.93. The van der Waals surface area contributed by atoms with E-state index in [2.05, 4.69) is 17.6 Å². The van der Waals surface area contributed by atoms with Crippen molar-refractivity contribution >= 4 is 23.2 Å². The maximum absolute atomic E-state index is 13.2. The Hall–Kier alpha value is -3.80. The summed E-state index contributed by atoms with van der Waals surface area (Å²) in [4.78, 5) is 28.2. The van der Waals surface area contributed by atoms with Crippen molar-refractivity contribution < 1.29 is 14.3 Å². The van der Waals surface area contributed by atoms with Gasteiger partial charge in [-0.05, 0) is 61.2 Å². The average Bonchev–Trinajstić information content (AvgIpc) is 2.91. The van der Waals surface area contributed by atoms with Gasteiger partial charge >= 0.3 is 0 Å². The van der Waals surface area contributed by atoms with Crippen molar-refractivity contribution in [1.29, 1.82) is 0 Å². The average molecular weight is 472 g/mol. The summed E-state index contributed by atoms with van der Waals surface area (Å²) in [5, 5.41) is 6.51. The highest BCUT2D eigenvalue weighted by Gasteiger charge is 2.29. The molecule has 0 spiro atoms. The van der Waals surface area contributed by atoms with Gasteiger partial charge in [0, 0.05) is 24.8 Å². The second-order valence-electron chi connectivity index (χ2n) is 8.84. The SMILES string of the molecule is CCC(C(=O)N1CCC(NC(=O)c2ccccc2Nc2ccc(OC)cc2)CC1)c1ccccc1. The zero-order chi connectivity index (χ0) is 24.6. The van der Waals surface area contributed by atoms with E-state index in [1.807, 2.05) is 83.8 Å². The number of hydrogen-bond donors (Lipinski definition) is 2. The molecule has 0 saturated carbocycles. The number of anilines is 2. The molecule has 0 bridgehead atoms. The van der Waals surface area contributed by atoms with Gasteiger partial charge in [-0.25, -0.2) is 0 Å². The Kier molecular flexibility index (Phi) is 8.03. The minimum atomic E-state index is -0.113. The van der Waals surface area contributed by atoms with E-state index in [0.29, 0.717) is 18.7 Å². The second-order valence-corrected chi connectivity index (χ2v) is 8.84. The molecule has 3 aromatic carbocycles. The predicted octanol–water partition coefficient (Wildman–Crippen LogP) is 5.35. The Morgan fingerprint density at radius 2 is 1.60 bits per heavy atom. The first kappa shape index (κ1) is 24.3. The molecule has 1 aliphatic heterocycles. The molecule has 1 fully saturated rings. The summed E-state index contributed by atoms with van der Waals surface area (Å²) < 4.78 is 5.21. The normalized spacial score (nSPS) is 14.7. The van der Waals surface area contributed by atoms with Gasteiger partial charge in [0.05, 0.1) is 24.3 Å². The Morgan fingerprint density at radius 3 is 2.26 bits per heavy atom. The number of rotatable bonds is 8. The molecule has 1 aliphatic rings. The van der Waals surface area contributed by atoms with E-state index in [1.165, 1.54) is 0 Å². The fraction of sp³-hybridized carbons (Fsp3) is 0.310. The van der Waals surface area contributed by atoms with Crippen LogP contribution in [0.2, 0.25) is 0 Å². The van der Waals surface area contributed by atoms with Gasteiger partial charge in [-0.3, -0.25) is 9.59 Å². The summed E-state index contributed by atoms with van der Waals surface area (Å²) in [7, 11) is 1.63. The van der Waals surface area contributed by atoms with Crippen molar-refractivity contribution in [2.75, 3.05) is 25.5 Å². The van der Waals surface area contributed by atoms with Gasteiger partial charge in [-0.2, -0.15) is 0 Å². The fourth-order valence-corrected chi connectivity index (χ4v) is 4.59. The zero-order valence-corrected chi connectivity index (χ0v) is 20.4. The molecule has 1 atom stereocenters. The molecule has 2 N–H and O–H groups in total. The molecule has 0 aliphatic carbocycles. The second kappa shape index (κ2) is 11.6. The molecular formula is C29H33N3O3. The maximum Gasteiger partial charge on any atom is 0.253 e. The highest BCUT2D eigenvalue weighted by atomic mass is 16.5. The Balaban J connectivity index is 1.35. The van der Waals surface area contributed by atoms with E-state index in [0.717, 1.165) is 42.0 Å². The van der Waals surface area contributed by atoms with Gasteiger partial charge in [0.1, 0.15) is 5.75 Å². The van der Waals surface area contributed by atoms with E-state index in [4.69, 9.17) is 4.74 Å². The molecule has 182 valence electrons. The van der Waals surface area contributed by atoms with E-state index in [1.54, 1.807) is 7.11 Å². The van der Waals surface area contributed by atoms with Crippen molar-refractivity contribution in [3.63, 3.8) is 0 Å². The van der Waals surface area contributed by atoms with Crippen LogP contribution in [0.4, 0.5) is 11.4 Å². The van der Waals surface area contributed by atoms with Crippen LogP contribution in [0, 0.1) is 0 Å². The summed E-state index contributed by atoms with van der Waals surface area (Å²) in [6, 6.07) is 25.1. The third-order valence-electron chi connectivity index (χ3n) is 6.59. The number of nitrogens with one attached hydrogen (secondary N) is 2. The summed E-state index contributed by atoms with van der Waals surface area (Å²) >= 11 is 0. The first-order chi connectivity index (χ1) is 17.1. The van der Waals surface area contributed by atoms with Gasteiger partial charge in [0.15, 0.2) is 0 Å². The number of nitrogens with zero attached hydrogens (tertiary/aromatic N) is 1. The molecular weight excluding hydrogens is 438 g/mol. The number of para-hydroxylation sites is 1. The molecule has 35 heavy (non-hydrogen) atoms. The van der Waals surface area contributed by atoms with Crippen LogP contribution in [0.5, 0.6) is 5.75 Å². The summed E-state index contributed by atoms with van der Waals surface area (Å²) in [5.74, 6) is 0.735. The van der Waals surface area contributed by atoms with Crippen LogP contribution < -0.4 is 15.4 Å². The van der Waals surface area contributed by atoms with Crippen LogP contribution in [-0.4, -0.2) is 43.0 Å². The van der Waals surface area contributed by atoms with Crippen LogP contribution in [0.3, 0.4) is 0 Å². The van der Waals surface area contributed by atoms with Crippen LogP contribution in [0.1, 0.15) is 48.0 Å². The summed E-state index contributed by atoms with van der Waals surface area (Å²) in [5.41, 5.74) is 3.28. The Labute approximate surface area is 207 Å². The molecule has 1 unspecified atom stereocenters. The quantitative estimate of drug-likeness (QED) is 0.464. The van der Waals surface area contributed by atoms with Crippen LogP contribution in [0.25, 0.3) is 0 Å². The number of ether oxygens (including phenoxy) is 1. The smallest absolute Gasteiger partial charge is 0.253 e. The van der Waals surface area contributed by atoms with Crippen LogP contribution >= 0.6 is 0 Å². The minimum absolute atomic E-state index is 0.0393. The molecule has 6 nitrogen and oxygen atoms in total. The van der Waals surface area contributed by atoms with E-state index < -0.39 is 0 Å². The molecule has 4 rings (SSSR count). The number of methoxy groups -OCH3 is 1. The predicted molar refractivity (Wildman–Crippen MR) is 139 cm³/mol. The van der Waals surface area contributed by atoms with Crippen molar-refractivity contribution in [3.05, 3.63) is 90.0 Å². The lowest BCUT2D eigenvalue weighted by molar-refractivity contribution is -0.134. The van der Waals surface area contributed by atoms with Gasteiger partial charge in [0.2, 0.25) is 5.91 Å². The number of piperidine rings is 1. The third-order valence-corrected chi connectivity index (χ3v) is 6.59. The minimum Gasteiger partial charge on any atom is -0.497 e. The topological polar surface area (TPSA) is 70.7 Å².